The molecular formula is C36H27FI2N2O4S2. The number of rotatable bonds is 9. The molecule has 4 aromatic carbocycles. The van der Waals surface area contributed by atoms with Gasteiger partial charge in [-0.1, -0.05) is 72.0 Å². The first-order valence-corrected chi connectivity index (χ1v) is 18.8. The number of esters is 1. The second-order valence-electron chi connectivity index (χ2n) is 10.4. The van der Waals surface area contributed by atoms with E-state index in [9.17, 15) is 14.0 Å². The highest BCUT2D eigenvalue weighted by molar-refractivity contribution is 14.1. The molecule has 11 heteroatoms. The second kappa shape index (κ2) is 14.9. The molecule has 0 saturated carbocycles. The van der Waals surface area contributed by atoms with Gasteiger partial charge in [0.05, 0.1) is 35.6 Å². The zero-order valence-electron chi connectivity index (χ0n) is 25.2. The Kier molecular flexibility index (Phi) is 10.6. The van der Waals surface area contributed by atoms with Crippen molar-refractivity contribution in [2.75, 3.05) is 12.9 Å². The maximum absolute atomic E-state index is 14.3. The van der Waals surface area contributed by atoms with Gasteiger partial charge in [-0.3, -0.25) is 9.36 Å². The first-order chi connectivity index (χ1) is 22.8. The molecule has 1 aliphatic heterocycles. The average Bonchev–Trinajstić information content (AvgIpc) is 3.38. The lowest BCUT2D eigenvalue weighted by Gasteiger charge is -2.26. The first kappa shape index (κ1) is 33.6. The lowest BCUT2D eigenvalue weighted by atomic mass is 9.93. The van der Waals surface area contributed by atoms with Crippen LogP contribution in [0.5, 0.6) is 5.75 Å². The molecule has 0 amide bonds. The zero-order valence-corrected chi connectivity index (χ0v) is 31.2. The summed E-state index contributed by atoms with van der Waals surface area (Å²) in [6, 6.07) is 27.0. The first-order valence-electron chi connectivity index (χ1n) is 14.6. The number of benzene rings is 4. The summed E-state index contributed by atoms with van der Waals surface area (Å²) in [6.45, 7) is 2.04. The van der Waals surface area contributed by atoms with Crippen LogP contribution in [0.2, 0.25) is 0 Å². The van der Waals surface area contributed by atoms with Crippen LogP contribution in [-0.4, -0.2) is 23.4 Å². The summed E-state index contributed by atoms with van der Waals surface area (Å²) in [7, 11) is 0. The minimum atomic E-state index is -0.743. The molecule has 0 radical (unpaired) electrons. The monoisotopic (exact) mass is 888 g/mol. The molecule has 47 heavy (non-hydrogen) atoms. The smallest absolute Gasteiger partial charge is 0.338 e. The number of aromatic nitrogens is 1. The largest absolute Gasteiger partial charge is 0.487 e. The van der Waals surface area contributed by atoms with E-state index in [0.717, 1.165) is 28.7 Å². The fourth-order valence-corrected chi connectivity index (χ4v) is 8.80. The number of hydrogen-bond acceptors (Lipinski definition) is 7. The maximum Gasteiger partial charge on any atom is 0.338 e. The number of carbonyl (C=O) groups is 1. The van der Waals surface area contributed by atoms with Gasteiger partial charge in [-0.15, -0.1) is 11.8 Å². The van der Waals surface area contributed by atoms with Crippen LogP contribution >= 0.6 is 68.3 Å². The molecule has 0 fully saturated rings. The summed E-state index contributed by atoms with van der Waals surface area (Å²) >= 11 is 7.27. The predicted octanol–water partition coefficient (Wildman–Crippen LogP) is 7.58. The van der Waals surface area contributed by atoms with Gasteiger partial charge < -0.3 is 9.47 Å². The van der Waals surface area contributed by atoms with Gasteiger partial charge in [0.1, 0.15) is 18.2 Å². The van der Waals surface area contributed by atoms with Crippen LogP contribution in [0, 0.1) is 13.0 Å². The van der Waals surface area contributed by atoms with Crippen molar-refractivity contribution in [3.8, 4) is 5.75 Å². The van der Waals surface area contributed by atoms with Crippen molar-refractivity contribution in [2.24, 2.45) is 4.99 Å². The van der Waals surface area contributed by atoms with Gasteiger partial charge in [0.15, 0.2) is 4.80 Å². The highest BCUT2D eigenvalue weighted by Gasteiger charge is 2.35. The quantitative estimate of drug-likeness (QED) is 0.0868. The van der Waals surface area contributed by atoms with E-state index in [4.69, 9.17) is 14.5 Å². The second-order valence-corrected chi connectivity index (χ2v) is 14.6. The van der Waals surface area contributed by atoms with Crippen molar-refractivity contribution in [3.05, 3.63) is 151 Å². The molecule has 0 aliphatic carbocycles. The van der Waals surface area contributed by atoms with Crippen LogP contribution in [-0.2, 0) is 16.1 Å². The van der Waals surface area contributed by atoms with Crippen LogP contribution in [0.25, 0.3) is 11.8 Å². The van der Waals surface area contributed by atoms with Crippen LogP contribution in [0.1, 0.15) is 35.2 Å². The number of ether oxygens (including phenoxy) is 2. The van der Waals surface area contributed by atoms with Gasteiger partial charge in [0.25, 0.3) is 5.56 Å². The Labute approximate surface area is 306 Å². The Bertz CT molecular complexity index is 2160. The molecule has 0 unspecified atom stereocenters. The lowest BCUT2D eigenvalue weighted by molar-refractivity contribution is -0.138. The fourth-order valence-electron chi connectivity index (χ4n) is 5.26. The van der Waals surface area contributed by atoms with Crippen LogP contribution < -0.4 is 19.6 Å². The molecule has 1 atom stereocenters. The molecule has 0 spiro atoms. The predicted molar refractivity (Wildman–Crippen MR) is 202 cm³/mol. The number of fused-ring (bicyclic) bond motifs is 1. The summed E-state index contributed by atoms with van der Waals surface area (Å²) in [4.78, 5) is 34.4. The van der Waals surface area contributed by atoms with E-state index in [1.165, 1.54) is 17.4 Å². The van der Waals surface area contributed by atoms with E-state index in [0.29, 0.717) is 31.9 Å². The number of halogens is 3. The molecule has 1 aliphatic rings. The minimum absolute atomic E-state index is 0.0983. The third kappa shape index (κ3) is 7.13. The van der Waals surface area contributed by atoms with Gasteiger partial charge in [-0.25, -0.2) is 14.2 Å². The summed E-state index contributed by atoms with van der Waals surface area (Å²) in [5.41, 5.74) is 3.35. The third-order valence-corrected chi connectivity index (χ3v) is 10.8. The Morgan fingerprint density at radius 2 is 1.70 bits per heavy atom. The molecule has 6 rings (SSSR count). The summed E-state index contributed by atoms with van der Waals surface area (Å²) in [5, 5.41) is 0. The molecule has 1 aromatic heterocycles. The van der Waals surface area contributed by atoms with Crippen LogP contribution in [0.4, 0.5) is 4.39 Å². The molecule has 6 nitrogen and oxygen atoms in total. The number of carbonyl (C=O) groups excluding carboxylic acids is 1. The van der Waals surface area contributed by atoms with Crippen molar-refractivity contribution in [2.45, 2.75) is 24.5 Å². The van der Waals surface area contributed by atoms with Gasteiger partial charge in [-0.2, -0.15) is 0 Å². The van der Waals surface area contributed by atoms with E-state index in [1.54, 1.807) is 41.5 Å². The maximum atomic E-state index is 14.3. The van der Waals surface area contributed by atoms with Gasteiger partial charge in [-0.05, 0) is 106 Å². The van der Waals surface area contributed by atoms with Crippen molar-refractivity contribution in [3.63, 3.8) is 0 Å². The normalized spacial score (nSPS) is 14.5. The molecule has 0 bridgehead atoms. The van der Waals surface area contributed by atoms with E-state index in [-0.39, 0.29) is 24.6 Å². The summed E-state index contributed by atoms with van der Waals surface area (Å²) in [6.07, 6.45) is 3.83. The molecular weight excluding hydrogens is 861 g/mol. The van der Waals surface area contributed by atoms with Crippen LogP contribution in [0.15, 0.2) is 111 Å². The third-order valence-electron chi connectivity index (χ3n) is 7.45. The van der Waals surface area contributed by atoms with Gasteiger partial charge in [0, 0.05) is 16.0 Å². The highest BCUT2D eigenvalue weighted by atomic mass is 127. The highest BCUT2D eigenvalue weighted by Crippen LogP contribution is 2.36. The average molecular weight is 889 g/mol. The van der Waals surface area contributed by atoms with E-state index in [1.807, 2.05) is 79.1 Å². The molecule has 238 valence electrons. The van der Waals surface area contributed by atoms with E-state index < -0.39 is 12.0 Å². The van der Waals surface area contributed by atoms with Crippen LogP contribution in [0.3, 0.4) is 0 Å². The Hall–Kier alpha value is -3.27. The molecule has 2 heterocycles. The number of thiazole rings is 1. The SMILES string of the molecule is CCOC(=O)C1=C(c2ccccc2)N=c2s/c(=C\c3cc(I)c(OCc4ccccc4F)c(I)c3)c(=O)n2[C@@H]1c1ccc(SC)cc1. The van der Waals surface area contributed by atoms with Gasteiger partial charge >= 0.3 is 5.97 Å². The van der Waals surface area contributed by atoms with Crippen molar-refractivity contribution >= 4 is 86.0 Å². The van der Waals surface area contributed by atoms with Crippen molar-refractivity contribution in [1.29, 1.82) is 0 Å². The van der Waals surface area contributed by atoms with E-state index in [2.05, 4.69) is 45.2 Å². The van der Waals surface area contributed by atoms with Crippen molar-refractivity contribution < 1.29 is 18.7 Å². The number of hydrogen-bond donors (Lipinski definition) is 0. The molecule has 0 N–H and O–H groups in total. The minimum Gasteiger partial charge on any atom is -0.487 e. The Morgan fingerprint density at radius 3 is 2.36 bits per heavy atom. The lowest BCUT2D eigenvalue weighted by Crippen LogP contribution is -2.40. The van der Waals surface area contributed by atoms with Crippen molar-refractivity contribution in [1.82, 2.24) is 4.57 Å². The zero-order chi connectivity index (χ0) is 33.1. The van der Waals surface area contributed by atoms with E-state index >= 15 is 0 Å². The van der Waals surface area contributed by atoms with Gasteiger partial charge in [0.2, 0.25) is 0 Å². The summed E-state index contributed by atoms with van der Waals surface area (Å²) in [5.74, 6) is -0.184. The standard InChI is InChI=1S/C36H27FI2N2O4S2/c1-3-44-35(43)30-31(22-9-5-4-6-10-22)40-36-41(32(30)23-13-15-25(46-2)16-14-23)34(42)29(47-36)19-21-17-27(38)33(28(39)18-21)45-20-24-11-7-8-12-26(24)37/h4-19,32H,3,20H2,1-2H3/b29-19-/t32-/m1/s1. The topological polar surface area (TPSA) is 69.9 Å². The molecule has 0 saturated heterocycles. The summed E-state index contributed by atoms with van der Waals surface area (Å²) < 4.78 is 29.5. The number of nitrogens with zero attached hydrogens (tertiary/aromatic N) is 2. The molecule has 5 aromatic rings. The number of thioether (sulfide) groups is 1. The Morgan fingerprint density at radius 1 is 1.02 bits per heavy atom. The Balaban J connectivity index is 1.48. The fraction of sp³-hybridized carbons (Fsp3) is 0.139.